The maximum absolute atomic E-state index is 13.5. The summed E-state index contributed by atoms with van der Waals surface area (Å²) in [6, 6.07) is 8.33. The van der Waals surface area contributed by atoms with Gasteiger partial charge in [0.1, 0.15) is 6.10 Å². The van der Waals surface area contributed by atoms with Gasteiger partial charge in [-0.3, -0.25) is 4.79 Å². The van der Waals surface area contributed by atoms with Gasteiger partial charge in [0.25, 0.3) is 0 Å². The van der Waals surface area contributed by atoms with Crippen LogP contribution in [0.5, 0.6) is 0 Å². The third-order valence-electron chi connectivity index (χ3n) is 7.98. The molecule has 0 N–H and O–H groups in total. The third kappa shape index (κ3) is 2.71. The zero-order valence-electron chi connectivity index (χ0n) is 17.4. The van der Waals surface area contributed by atoms with E-state index in [1.165, 1.54) is 31.2 Å². The molecule has 1 saturated heterocycles. The number of rotatable bonds is 2. The lowest BCUT2D eigenvalue weighted by Crippen LogP contribution is -2.49. The number of fused-ring (bicyclic) bond motifs is 3. The van der Waals surface area contributed by atoms with Gasteiger partial charge in [-0.2, -0.15) is 0 Å². The molecule has 1 aromatic rings. The van der Waals surface area contributed by atoms with Crippen LogP contribution in [0, 0.1) is 10.8 Å². The number of benzene rings is 1. The van der Waals surface area contributed by atoms with Gasteiger partial charge < -0.3 is 9.47 Å². The van der Waals surface area contributed by atoms with Crippen molar-refractivity contribution in [3.8, 4) is 0 Å². The molecular formula is C24H32O4. The van der Waals surface area contributed by atoms with Crippen LogP contribution in [0.4, 0.5) is 0 Å². The number of aryl methyl sites for hydroxylation is 1. The average Bonchev–Trinajstić information content (AvgIpc) is 2.97. The Balaban J connectivity index is 1.63. The molecule has 3 aliphatic rings. The van der Waals surface area contributed by atoms with E-state index < -0.39 is 16.4 Å². The SMILES string of the molecule is CC12CC[C@](C(=O)OC3CCCCCCCc4ccccc43)(OC1=O)C2(C)C. The molecule has 2 bridgehead atoms. The second-order valence-corrected chi connectivity index (χ2v) is 9.57. The summed E-state index contributed by atoms with van der Waals surface area (Å²) in [5, 5.41) is 0. The lowest BCUT2D eigenvalue weighted by atomic mass is 9.66. The third-order valence-corrected chi connectivity index (χ3v) is 7.98. The maximum Gasteiger partial charge on any atom is 0.351 e. The fraction of sp³-hybridized carbons (Fsp3) is 0.667. The minimum absolute atomic E-state index is 0.257. The first-order valence-corrected chi connectivity index (χ1v) is 10.8. The summed E-state index contributed by atoms with van der Waals surface area (Å²) in [6.07, 6.45) is 8.67. The topological polar surface area (TPSA) is 52.6 Å². The summed E-state index contributed by atoms with van der Waals surface area (Å²) in [5.74, 6) is -0.615. The second-order valence-electron chi connectivity index (χ2n) is 9.57. The highest BCUT2D eigenvalue weighted by Gasteiger charge is 2.76. The van der Waals surface area contributed by atoms with Gasteiger partial charge in [0.05, 0.1) is 5.41 Å². The smallest absolute Gasteiger partial charge is 0.351 e. The van der Waals surface area contributed by atoms with Crippen molar-refractivity contribution < 1.29 is 19.1 Å². The fourth-order valence-corrected chi connectivity index (χ4v) is 5.46. The van der Waals surface area contributed by atoms with E-state index in [-0.39, 0.29) is 18.0 Å². The van der Waals surface area contributed by atoms with Crippen LogP contribution in [0.25, 0.3) is 0 Å². The van der Waals surface area contributed by atoms with Crippen molar-refractivity contribution in [3.05, 3.63) is 35.4 Å². The van der Waals surface area contributed by atoms with Gasteiger partial charge in [-0.05, 0) is 56.6 Å². The zero-order valence-corrected chi connectivity index (χ0v) is 17.4. The Bertz CT molecular complexity index is 783. The van der Waals surface area contributed by atoms with Gasteiger partial charge in [0.15, 0.2) is 0 Å². The fourth-order valence-electron chi connectivity index (χ4n) is 5.46. The van der Waals surface area contributed by atoms with Crippen LogP contribution >= 0.6 is 0 Å². The first-order chi connectivity index (χ1) is 13.3. The van der Waals surface area contributed by atoms with Crippen molar-refractivity contribution in [2.45, 2.75) is 90.3 Å². The van der Waals surface area contributed by atoms with Gasteiger partial charge in [-0.1, -0.05) is 57.4 Å². The summed E-state index contributed by atoms with van der Waals surface area (Å²) in [7, 11) is 0. The van der Waals surface area contributed by atoms with Crippen molar-refractivity contribution in [1.29, 1.82) is 0 Å². The molecule has 4 rings (SSSR count). The Morgan fingerprint density at radius 3 is 2.46 bits per heavy atom. The summed E-state index contributed by atoms with van der Waals surface area (Å²) < 4.78 is 11.9. The molecule has 1 aliphatic heterocycles. The van der Waals surface area contributed by atoms with E-state index in [1.54, 1.807) is 0 Å². The largest absolute Gasteiger partial charge is 0.455 e. The van der Waals surface area contributed by atoms with Crippen LogP contribution in [-0.4, -0.2) is 17.5 Å². The van der Waals surface area contributed by atoms with Crippen molar-refractivity contribution >= 4 is 11.9 Å². The molecule has 152 valence electrons. The number of carbonyl (C=O) groups is 2. The van der Waals surface area contributed by atoms with Crippen LogP contribution in [0.1, 0.15) is 89.4 Å². The van der Waals surface area contributed by atoms with E-state index in [0.29, 0.717) is 12.8 Å². The summed E-state index contributed by atoms with van der Waals surface area (Å²) in [5.41, 5.74) is 0.0724. The molecule has 2 unspecified atom stereocenters. The number of esters is 2. The van der Waals surface area contributed by atoms with Crippen LogP contribution in [-0.2, 0) is 25.5 Å². The normalized spacial score (nSPS) is 34.4. The monoisotopic (exact) mass is 384 g/mol. The molecule has 1 saturated carbocycles. The van der Waals surface area contributed by atoms with E-state index in [9.17, 15) is 9.59 Å². The Labute approximate surface area is 168 Å². The number of hydrogen-bond acceptors (Lipinski definition) is 4. The van der Waals surface area contributed by atoms with E-state index in [4.69, 9.17) is 9.47 Å². The lowest BCUT2D eigenvalue weighted by Gasteiger charge is -2.36. The molecule has 0 radical (unpaired) electrons. The van der Waals surface area contributed by atoms with Crippen molar-refractivity contribution in [3.63, 3.8) is 0 Å². The van der Waals surface area contributed by atoms with Gasteiger partial charge >= 0.3 is 11.9 Å². The summed E-state index contributed by atoms with van der Waals surface area (Å²) >= 11 is 0. The molecule has 2 fully saturated rings. The van der Waals surface area contributed by atoms with Crippen LogP contribution < -0.4 is 0 Å². The van der Waals surface area contributed by atoms with Crippen molar-refractivity contribution in [2.75, 3.05) is 0 Å². The maximum atomic E-state index is 13.5. The number of carbonyl (C=O) groups excluding carboxylic acids is 2. The zero-order chi connectivity index (χ0) is 20.0. The highest BCUT2D eigenvalue weighted by molar-refractivity contribution is 5.93. The van der Waals surface area contributed by atoms with Crippen molar-refractivity contribution in [1.82, 2.24) is 0 Å². The van der Waals surface area contributed by atoms with Crippen LogP contribution in [0.2, 0.25) is 0 Å². The van der Waals surface area contributed by atoms with E-state index in [0.717, 1.165) is 24.8 Å². The molecular weight excluding hydrogens is 352 g/mol. The standard InChI is InChI=1S/C24H32O4/c1-22(2)23(3)15-16-24(22,28-20(23)25)21(26)27-19-14-8-6-4-5-7-11-17-12-9-10-13-18(17)19/h9-10,12-13,19H,4-8,11,14-16H2,1-3H3/t19?,23?,24-/m1/s1. The molecule has 4 heteroatoms. The molecule has 0 aromatic heterocycles. The minimum atomic E-state index is -1.15. The molecule has 3 atom stereocenters. The van der Waals surface area contributed by atoms with Gasteiger partial charge in [0, 0.05) is 5.41 Å². The van der Waals surface area contributed by atoms with E-state index in [1.807, 2.05) is 26.8 Å². The molecule has 0 spiro atoms. The van der Waals surface area contributed by atoms with Crippen LogP contribution in [0.3, 0.4) is 0 Å². The van der Waals surface area contributed by atoms with Gasteiger partial charge in [-0.15, -0.1) is 0 Å². The number of hydrogen-bond donors (Lipinski definition) is 0. The summed E-state index contributed by atoms with van der Waals surface area (Å²) in [4.78, 5) is 26.0. The highest BCUT2D eigenvalue weighted by atomic mass is 16.6. The lowest BCUT2D eigenvalue weighted by molar-refractivity contribution is -0.188. The molecule has 28 heavy (non-hydrogen) atoms. The van der Waals surface area contributed by atoms with Crippen molar-refractivity contribution in [2.24, 2.45) is 10.8 Å². The second kappa shape index (κ2) is 6.89. The molecule has 0 amide bonds. The van der Waals surface area contributed by atoms with E-state index >= 15 is 0 Å². The molecule has 1 heterocycles. The predicted octanol–water partition coefficient (Wildman–Crippen LogP) is 5.29. The first kappa shape index (κ1) is 19.5. The first-order valence-electron chi connectivity index (χ1n) is 10.8. The highest BCUT2D eigenvalue weighted by Crippen LogP contribution is 2.66. The Hall–Kier alpha value is -1.84. The van der Waals surface area contributed by atoms with Crippen LogP contribution in [0.15, 0.2) is 24.3 Å². The van der Waals surface area contributed by atoms with Gasteiger partial charge in [0.2, 0.25) is 5.60 Å². The van der Waals surface area contributed by atoms with Gasteiger partial charge in [-0.25, -0.2) is 4.79 Å². The summed E-state index contributed by atoms with van der Waals surface area (Å²) in [6.45, 7) is 5.89. The molecule has 1 aromatic carbocycles. The van der Waals surface area contributed by atoms with E-state index in [2.05, 4.69) is 18.2 Å². The Kier molecular flexibility index (Phi) is 4.79. The molecule has 2 aliphatic carbocycles. The molecule has 4 nitrogen and oxygen atoms in total. The predicted molar refractivity (Wildman–Crippen MR) is 107 cm³/mol. The quantitative estimate of drug-likeness (QED) is 0.650. The Morgan fingerprint density at radius 2 is 1.75 bits per heavy atom. The minimum Gasteiger partial charge on any atom is -0.455 e. The number of ether oxygens (including phenoxy) is 2. The average molecular weight is 385 g/mol. The Morgan fingerprint density at radius 1 is 1.04 bits per heavy atom.